The van der Waals surface area contributed by atoms with Crippen LogP contribution >= 0.6 is 0 Å². The van der Waals surface area contributed by atoms with Crippen molar-refractivity contribution in [2.75, 3.05) is 0 Å². The van der Waals surface area contributed by atoms with Crippen molar-refractivity contribution in [2.24, 2.45) is 0 Å². The summed E-state index contributed by atoms with van der Waals surface area (Å²) < 4.78 is 0. The number of aliphatic carboxylic acids is 1. The molecule has 0 saturated heterocycles. The van der Waals surface area contributed by atoms with Crippen molar-refractivity contribution < 1.29 is 9.90 Å². The van der Waals surface area contributed by atoms with Crippen LogP contribution in [0.15, 0.2) is 0 Å². The Kier molecular flexibility index (Phi) is 41.2. The first-order valence-electron chi connectivity index (χ1n) is 1.36. The maximum atomic E-state index is 9.38. The standard InChI is InChI=1S/C3H3NO2.3Na.3H/c4-2-1-3(5)6;;;;;;/h1H2,(H,5,6);;;;;;. The Morgan fingerprint density at radius 2 is 1.78 bits per heavy atom. The molecule has 0 aromatic rings. The van der Waals surface area contributed by atoms with Crippen LogP contribution in [0.3, 0.4) is 0 Å². The van der Waals surface area contributed by atoms with E-state index in [1.807, 2.05) is 0 Å². The fourth-order valence-corrected chi connectivity index (χ4v) is 0.0676. The third-order valence-corrected chi connectivity index (χ3v) is 0.230. The van der Waals surface area contributed by atoms with Crippen LogP contribution in [0.25, 0.3) is 0 Å². The molecule has 3 nitrogen and oxygen atoms in total. The predicted octanol–water partition coefficient (Wildman–Crippen LogP) is -1.96. The van der Waals surface area contributed by atoms with E-state index >= 15 is 0 Å². The topological polar surface area (TPSA) is 61.1 Å². The van der Waals surface area contributed by atoms with Gasteiger partial charge in [0.1, 0.15) is 6.42 Å². The predicted molar refractivity (Wildman–Crippen MR) is 39.3 cm³/mol. The second-order valence-electron chi connectivity index (χ2n) is 0.729. The Labute approximate surface area is 120 Å². The summed E-state index contributed by atoms with van der Waals surface area (Å²) in [7, 11) is 0. The summed E-state index contributed by atoms with van der Waals surface area (Å²) in [5.41, 5.74) is 0. The fraction of sp³-hybridized carbons (Fsp3) is 0.333. The van der Waals surface area contributed by atoms with Crippen LogP contribution < -0.4 is 0 Å². The van der Waals surface area contributed by atoms with Crippen molar-refractivity contribution >= 4 is 94.6 Å². The summed E-state index contributed by atoms with van der Waals surface area (Å²) in [6.07, 6.45) is -0.403. The number of hydrogen-bond donors (Lipinski definition) is 1. The molecule has 0 radical (unpaired) electrons. The van der Waals surface area contributed by atoms with E-state index in [1.165, 1.54) is 6.07 Å². The van der Waals surface area contributed by atoms with Gasteiger partial charge in [0, 0.05) is 0 Å². The number of hydrogen-bond acceptors (Lipinski definition) is 2. The molecule has 9 heavy (non-hydrogen) atoms. The minimum absolute atomic E-state index is 0. The van der Waals surface area contributed by atoms with Crippen molar-refractivity contribution in [1.82, 2.24) is 0 Å². The second kappa shape index (κ2) is 16.5. The first-order valence-corrected chi connectivity index (χ1v) is 1.36. The minimum atomic E-state index is -1.07. The van der Waals surface area contributed by atoms with Crippen LogP contribution in [-0.2, 0) is 4.79 Å². The second-order valence-corrected chi connectivity index (χ2v) is 0.729. The summed E-state index contributed by atoms with van der Waals surface area (Å²) in [5, 5.41) is 15.3. The van der Waals surface area contributed by atoms with E-state index in [9.17, 15) is 4.79 Å². The molecule has 0 aromatic heterocycles. The number of rotatable bonds is 1. The van der Waals surface area contributed by atoms with E-state index in [1.54, 1.807) is 0 Å². The van der Waals surface area contributed by atoms with Crippen molar-refractivity contribution in [3.05, 3.63) is 0 Å². The van der Waals surface area contributed by atoms with Crippen LogP contribution in [-0.4, -0.2) is 99.7 Å². The molecule has 0 aliphatic rings. The van der Waals surface area contributed by atoms with E-state index in [0.29, 0.717) is 0 Å². The van der Waals surface area contributed by atoms with Crippen molar-refractivity contribution in [1.29, 1.82) is 5.26 Å². The number of nitriles is 1. The van der Waals surface area contributed by atoms with E-state index in [4.69, 9.17) is 10.4 Å². The molecular weight excluding hydrogens is 151 g/mol. The fourth-order valence-electron chi connectivity index (χ4n) is 0.0676. The van der Waals surface area contributed by atoms with Crippen LogP contribution in [0.2, 0.25) is 0 Å². The molecule has 0 atom stereocenters. The molecule has 0 rings (SSSR count). The van der Waals surface area contributed by atoms with Crippen molar-refractivity contribution in [2.45, 2.75) is 6.42 Å². The summed E-state index contributed by atoms with van der Waals surface area (Å²) in [4.78, 5) is 9.38. The van der Waals surface area contributed by atoms with Gasteiger partial charge in [0.05, 0.1) is 6.07 Å². The first kappa shape index (κ1) is 22.4. The van der Waals surface area contributed by atoms with E-state index in [-0.39, 0.29) is 88.7 Å². The van der Waals surface area contributed by atoms with Gasteiger partial charge in [0.15, 0.2) is 0 Å². The Morgan fingerprint density at radius 1 is 1.44 bits per heavy atom. The van der Waals surface area contributed by atoms with Gasteiger partial charge in [0.2, 0.25) is 0 Å². The van der Waals surface area contributed by atoms with Crippen molar-refractivity contribution in [3.8, 4) is 6.07 Å². The van der Waals surface area contributed by atoms with Gasteiger partial charge in [-0.1, -0.05) is 0 Å². The molecule has 0 saturated carbocycles. The Bertz CT molecular complexity index is 99.7. The van der Waals surface area contributed by atoms with Gasteiger partial charge in [-0.05, 0) is 0 Å². The summed E-state index contributed by atoms with van der Waals surface area (Å²) in [5.74, 6) is -1.07. The third kappa shape index (κ3) is 25.7. The van der Waals surface area contributed by atoms with Gasteiger partial charge in [-0.15, -0.1) is 0 Å². The van der Waals surface area contributed by atoms with E-state index in [2.05, 4.69) is 0 Å². The molecule has 0 aromatic carbocycles. The molecule has 0 fully saturated rings. The Hall–Kier alpha value is 1.96. The summed E-state index contributed by atoms with van der Waals surface area (Å²) >= 11 is 0. The Morgan fingerprint density at radius 3 is 1.78 bits per heavy atom. The molecule has 0 aliphatic heterocycles. The van der Waals surface area contributed by atoms with E-state index < -0.39 is 12.4 Å². The molecule has 38 valence electrons. The maximum absolute atomic E-state index is 9.38. The molecule has 0 aliphatic carbocycles. The molecule has 0 heterocycles. The first-order chi connectivity index (χ1) is 2.77. The van der Waals surface area contributed by atoms with Gasteiger partial charge in [-0.25, -0.2) is 0 Å². The summed E-state index contributed by atoms with van der Waals surface area (Å²) in [6.45, 7) is 0. The quantitative estimate of drug-likeness (QED) is 0.449. The van der Waals surface area contributed by atoms with Crippen molar-refractivity contribution in [3.63, 3.8) is 0 Å². The van der Waals surface area contributed by atoms with Gasteiger partial charge < -0.3 is 5.11 Å². The molecule has 0 bridgehead atoms. The zero-order chi connectivity index (χ0) is 4.99. The SMILES string of the molecule is N#CCC(=O)O.[NaH].[NaH].[NaH]. The number of nitrogens with zero attached hydrogens (tertiary/aromatic N) is 1. The van der Waals surface area contributed by atoms with E-state index in [0.717, 1.165) is 0 Å². The zero-order valence-electron chi connectivity index (χ0n) is 3.01. The molecule has 0 spiro atoms. The van der Waals surface area contributed by atoms with Gasteiger partial charge >= 0.3 is 94.6 Å². The monoisotopic (exact) mass is 157 g/mol. The van der Waals surface area contributed by atoms with Crippen LogP contribution in [0.4, 0.5) is 0 Å². The van der Waals surface area contributed by atoms with Crippen LogP contribution in [0.1, 0.15) is 6.42 Å². The van der Waals surface area contributed by atoms with Gasteiger partial charge in [0.25, 0.3) is 0 Å². The molecule has 0 amide bonds. The number of carboxylic acid groups (broad SMARTS) is 1. The van der Waals surface area contributed by atoms with Crippen LogP contribution in [0.5, 0.6) is 0 Å². The Balaban J connectivity index is -0.0000000417. The molecule has 1 N–H and O–H groups in total. The number of carbonyl (C=O) groups is 1. The normalized spacial score (nSPS) is 4.33. The van der Waals surface area contributed by atoms with Gasteiger partial charge in [-0.3, -0.25) is 4.79 Å². The zero-order valence-corrected chi connectivity index (χ0v) is 3.01. The molecular formula is C3H6NNa3O2. The third-order valence-electron chi connectivity index (χ3n) is 0.230. The van der Waals surface area contributed by atoms with Crippen LogP contribution in [0, 0.1) is 11.3 Å². The summed E-state index contributed by atoms with van der Waals surface area (Å²) in [6, 6.07) is 1.47. The molecule has 0 unspecified atom stereocenters. The number of carboxylic acids is 1. The average molecular weight is 157 g/mol. The molecule has 6 heteroatoms. The average Bonchev–Trinajstić information content (AvgIpc) is 1.35. The van der Waals surface area contributed by atoms with Gasteiger partial charge in [-0.2, -0.15) is 5.26 Å².